The van der Waals surface area contributed by atoms with Crippen LogP contribution in [0, 0.1) is 5.82 Å². The van der Waals surface area contributed by atoms with Gasteiger partial charge in [-0.1, -0.05) is 18.2 Å². The summed E-state index contributed by atoms with van der Waals surface area (Å²) in [7, 11) is 0. The summed E-state index contributed by atoms with van der Waals surface area (Å²) in [6.45, 7) is 0.0812. The molecule has 0 bridgehead atoms. The Hall–Kier alpha value is -1.44. The van der Waals surface area contributed by atoms with Gasteiger partial charge in [-0.2, -0.15) is 0 Å². The number of benzene rings is 2. The Morgan fingerprint density at radius 1 is 1.26 bits per heavy atom. The Balaban J connectivity index is 2.14. The van der Waals surface area contributed by atoms with Gasteiger partial charge >= 0.3 is 5.97 Å². The van der Waals surface area contributed by atoms with Crippen molar-refractivity contribution < 1.29 is 19.0 Å². The first-order chi connectivity index (χ1) is 10.9. The summed E-state index contributed by atoms with van der Waals surface area (Å²) in [5.41, 5.74) is 6.73. The zero-order chi connectivity index (χ0) is 17.0. The van der Waals surface area contributed by atoms with E-state index in [2.05, 4.69) is 31.9 Å². The lowest BCUT2D eigenvalue weighted by Gasteiger charge is -2.14. The van der Waals surface area contributed by atoms with E-state index in [1.165, 1.54) is 6.07 Å². The Kier molecular flexibility index (Phi) is 6.15. The fraction of sp³-hybridized carbons (Fsp3) is 0.188. The predicted octanol–water partition coefficient (Wildman–Crippen LogP) is 3.88. The van der Waals surface area contributed by atoms with Crippen molar-refractivity contribution in [2.24, 2.45) is 5.73 Å². The van der Waals surface area contributed by atoms with Crippen molar-refractivity contribution in [1.29, 1.82) is 0 Å². The Bertz CT molecular complexity index is 701. The number of hydrogen-bond acceptors (Lipinski definition) is 3. The van der Waals surface area contributed by atoms with Gasteiger partial charge < -0.3 is 15.6 Å². The molecule has 0 aromatic heterocycles. The highest BCUT2D eigenvalue weighted by molar-refractivity contribution is 9.11. The average Bonchev–Trinajstić information content (AvgIpc) is 2.48. The molecule has 122 valence electrons. The molecule has 1 unspecified atom stereocenters. The molecule has 0 aliphatic heterocycles. The van der Waals surface area contributed by atoms with Crippen LogP contribution < -0.4 is 10.5 Å². The summed E-state index contributed by atoms with van der Waals surface area (Å²) in [5.74, 6) is -0.873. The topological polar surface area (TPSA) is 72.5 Å². The number of halogens is 3. The van der Waals surface area contributed by atoms with Gasteiger partial charge in [-0.3, -0.25) is 4.79 Å². The number of aliphatic carboxylic acids is 1. The normalized spacial score (nSPS) is 12.0. The number of rotatable bonds is 6. The third-order valence-electron chi connectivity index (χ3n) is 3.16. The third kappa shape index (κ3) is 4.76. The molecule has 2 aromatic rings. The molecule has 0 saturated carbocycles. The first-order valence-corrected chi connectivity index (χ1v) is 8.29. The number of nitrogens with two attached hydrogens (primary N) is 1. The van der Waals surface area contributed by atoms with Crippen molar-refractivity contribution in [2.45, 2.75) is 19.1 Å². The second kappa shape index (κ2) is 7.90. The van der Waals surface area contributed by atoms with Crippen molar-refractivity contribution in [3.63, 3.8) is 0 Å². The lowest BCUT2D eigenvalue weighted by molar-refractivity contribution is -0.138. The van der Waals surface area contributed by atoms with Crippen LogP contribution in [0.5, 0.6) is 5.75 Å². The summed E-state index contributed by atoms with van der Waals surface area (Å²) in [5, 5.41) is 8.86. The maximum Gasteiger partial charge on any atom is 0.320 e. The van der Waals surface area contributed by atoms with Gasteiger partial charge in [-0.15, -0.1) is 0 Å². The highest BCUT2D eigenvalue weighted by Gasteiger charge is 2.15. The van der Waals surface area contributed by atoms with Gasteiger partial charge in [-0.05, 0) is 62.0 Å². The van der Waals surface area contributed by atoms with Crippen LogP contribution in [0.15, 0.2) is 45.3 Å². The average molecular weight is 447 g/mol. The molecule has 0 aliphatic carbocycles. The van der Waals surface area contributed by atoms with Crippen LogP contribution in [0.1, 0.15) is 11.1 Å². The molecule has 2 rings (SSSR count). The van der Waals surface area contributed by atoms with Gasteiger partial charge in [-0.25, -0.2) is 4.39 Å². The summed E-state index contributed by atoms with van der Waals surface area (Å²) in [6.07, 6.45) is 0.195. The minimum absolute atomic E-state index is 0.0812. The number of hydrogen-bond donors (Lipinski definition) is 2. The van der Waals surface area contributed by atoms with Crippen molar-refractivity contribution in [3.05, 3.63) is 62.3 Å². The van der Waals surface area contributed by atoms with Crippen LogP contribution in [-0.4, -0.2) is 17.1 Å². The van der Waals surface area contributed by atoms with Crippen LogP contribution in [-0.2, 0) is 17.8 Å². The van der Waals surface area contributed by atoms with Crippen molar-refractivity contribution in [2.75, 3.05) is 0 Å². The van der Waals surface area contributed by atoms with Gasteiger partial charge in [0.25, 0.3) is 0 Å². The molecule has 0 saturated heterocycles. The molecule has 0 amide bonds. The van der Waals surface area contributed by atoms with Crippen LogP contribution in [0.2, 0.25) is 0 Å². The molecular weight excluding hydrogens is 433 g/mol. The van der Waals surface area contributed by atoms with Gasteiger partial charge in [0.15, 0.2) is 0 Å². The van der Waals surface area contributed by atoms with E-state index in [-0.39, 0.29) is 18.8 Å². The summed E-state index contributed by atoms with van der Waals surface area (Å²) >= 11 is 6.76. The quantitative estimate of drug-likeness (QED) is 0.706. The van der Waals surface area contributed by atoms with Crippen molar-refractivity contribution >= 4 is 37.8 Å². The van der Waals surface area contributed by atoms with Gasteiger partial charge in [0.2, 0.25) is 0 Å². The van der Waals surface area contributed by atoms with E-state index < -0.39 is 12.0 Å². The number of carboxylic acid groups (broad SMARTS) is 1. The standard InChI is InChI=1S/C16H14Br2FNO3/c17-11-5-9(7-14(20)16(21)22)6-12(18)15(11)23-8-10-3-1-2-4-13(10)19/h1-6,14H,7-8,20H2,(H,21,22). The number of carboxylic acids is 1. The monoisotopic (exact) mass is 445 g/mol. The second-order valence-electron chi connectivity index (χ2n) is 4.92. The molecule has 23 heavy (non-hydrogen) atoms. The molecule has 0 radical (unpaired) electrons. The fourth-order valence-electron chi connectivity index (χ4n) is 1.97. The zero-order valence-corrected chi connectivity index (χ0v) is 15.1. The number of carbonyl (C=O) groups is 1. The third-order valence-corrected chi connectivity index (χ3v) is 4.34. The summed E-state index contributed by atoms with van der Waals surface area (Å²) in [4.78, 5) is 10.8. The Morgan fingerprint density at radius 3 is 2.43 bits per heavy atom. The van der Waals surface area contributed by atoms with Crippen LogP contribution in [0.4, 0.5) is 4.39 Å². The largest absolute Gasteiger partial charge is 0.486 e. The van der Waals surface area contributed by atoms with Gasteiger partial charge in [0.1, 0.15) is 24.2 Å². The van der Waals surface area contributed by atoms with Gasteiger partial charge in [0, 0.05) is 5.56 Å². The molecule has 2 aromatic carbocycles. The Labute approximate surface area is 149 Å². The molecule has 0 fully saturated rings. The van der Waals surface area contributed by atoms with Gasteiger partial charge in [0.05, 0.1) is 8.95 Å². The van der Waals surface area contributed by atoms with E-state index >= 15 is 0 Å². The number of ether oxygens (including phenoxy) is 1. The molecule has 4 nitrogen and oxygen atoms in total. The van der Waals surface area contributed by atoms with Crippen molar-refractivity contribution in [1.82, 2.24) is 0 Å². The molecule has 0 spiro atoms. The molecule has 7 heteroatoms. The minimum atomic E-state index is -1.06. The molecule has 1 atom stereocenters. The fourth-order valence-corrected chi connectivity index (χ4v) is 3.48. The zero-order valence-electron chi connectivity index (χ0n) is 11.9. The smallest absolute Gasteiger partial charge is 0.320 e. The van der Waals surface area contributed by atoms with Crippen LogP contribution in [0.3, 0.4) is 0 Å². The van der Waals surface area contributed by atoms with Crippen LogP contribution in [0.25, 0.3) is 0 Å². The van der Waals surface area contributed by atoms with Crippen LogP contribution >= 0.6 is 31.9 Å². The van der Waals surface area contributed by atoms with E-state index in [0.717, 1.165) is 5.56 Å². The highest BCUT2D eigenvalue weighted by atomic mass is 79.9. The molecule has 0 aliphatic rings. The SMILES string of the molecule is NC(Cc1cc(Br)c(OCc2ccccc2F)c(Br)c1)C(=O)O. The Morgan fingerprint density at radius 2 is 1.87 bits per heavy atom. The van der Waals surface area contributed by atoms with E-state index in [9.17, 15) is 9.18 Å². The van der Waals surface area contributed by atoms with E-state index in [1.54, 1.807) is 30.3 Å². The molecule has 3 N–H and O–H groups in total. The first kappa shape index (κ1) is 17.9. The lowest BCUT2D eigenvalue weighted by atomic mass is 10.1. The molecule has 0 heterocycles. The lowest BCUT2D eigenvalue weighted by Crippen LogP contribution is -2.32. The second-order valence-corrected chi connectivity index (χ2v) is 6.63. The van der Waals surface area contributed by atoms with Crippen molar-refractivity contribution in [3.8, 4) is 5.75 Å². The summed E-state index contributed by atoms with van der Waals surface area (Å²) in [6, 6.07) is 8.89. The van der Waals surface area contributed by atoms with E-state index in [0.29, 0.717) is 20.3 Å². The van der Waals surface area contributed by atoms with E-state index in [1.807, 2.05) is 0 Å². The first-order valence-electron chi connectivity index (χ1n) is 6.71. The maximum atomic E-state index is 13.6. The maximum absolute atomic E-state index is 13.6. The highest BCUT2D eigenvalue weighted by Crippen LogP contribution is 2.35. The predicted molar refractivity (Wildman–Crippen MR) is 91.9 cm³/mol. The molecular formula is C16H14Br2FNO3. The van der Waals surface area contributed by atoms with E-state index in [4.69, 9.17) is 15.6 Å². The summed E-state index contributed by atoms with van der Waals surface area (Å²) < 4.78 is 20.5. The minimum Gasteiger partial charge on any atom is -0.486 e.